The van der Waals surface area contributed by atoms with E-state index in [1.54, 1.807) is 11.8 Å². The molecule has 26 heavy (non-hydrogen) atoms. The van der Waals surface area contributed by atoms with Crippen molar-refractivity contribution in [1.82, 2.24) is 4.90 Å². The Bertz CT molecular complexity index is 798. The molecule has 0 bridgehead atoms. The summed E-state index contributed by atoms with van der Waals surface area (Å²) in [4.78, 5) is 16.0. The van der Waals surface area contributed by atoms with Crippen LogP contribution in [0.2, 0.25) is 0 Å². The summed E-state index contributed by atoms with van der Waals surface area (Å²) in [5, 5.41) is 5.90. The second-order valence-corrected chi connectivity index (χ2v) is 7.55. The van der Waals surface area contributed by atoms with E-state index in [9.17, 15) is 4.79 Å². The van der Waals surface area contributed by atoms with E-state index in [2.05, 4.69) is 27.7 Å². The zero-order chi connectivity index (χ0) is 17.2. The van der Waals surface area contributed by atoms with Crippen molar-refractivity contribution in [2.45, 2.75) is 30.2 Å². The molecule has 2 amide bonds. The summed E-state index contributed by atoms with van der Waals surface area (Å²) in [6, 6.07) is 14.6. The van der Waals surface area contributed by atoms with Crippen LogP contribution in [0.1, 0.15) is 30.0 Å². The molecule has 2 aromatic rings. The standard InChI is InChI=1S/C20H23N3OS.ClH/c1-25-17-5-2-4-15(12-17)21-20(24)22-16-8-7-14-9-11-23-10-3-6-19(23)18(14)13-16;/h2,4-5,7-8,12-13,19H,3,6,9-11H2,1H3,(H2,21,22,24);1H. The number of thioether (sulfide) groups is 1. The molecule has 1 fully saturated rings. The number of hydrogen-bond donors (Lipinski definition) is 2. The smallest absolute Gasteiger partial charge is 0.308 e. The highest BCUT2D eigenvalue weighted by Crippen LogP contribution is 2.38. The quantitative estimate of drug-likeness (QED) is 0.712. The molecular weight excluding hydrogens is 366 g/mol. The number of halogens is 1. The van der Waals surface area contributed by atoms with E-state index in [0.717, 1.165) is 29.2 Å². The summed E-state index contributed by atoms with van der Waals surface area (Å²) in [7, 11) is 0. The first-order valence-corrected chi connectivity index (χ1v) is 10.0. The monoisotopic (exact) mass is 389 g/mol. The Morgan fingerprint density at radius 2 is 1.92 bits per heavy atom. The predicted molar refractivity (Wildman–Crippen MR) is 112 cm³/mol. The molecule has 4 nitrogen and oxygen atoms in total. The highest BCUT2D eigenvalue weighted by atomic mass is 35.5. The van der Waals surface area contributed by atoms with Gasteiger partial charge >= 0.3 is 6.03 Å². The highest BCUT2D eigenvalue weighted by molar-refractivity contribution is 7.98. The number of fused-ring (bicyclic) bond motifs is 3. The van der Waals surface area contributed by atoms with Gasteiger partial charge in [0.2, 0.25) is 0 Å². The molecule has 2 aliphatic heterocycles. The van der Waals surface area contributed by atoms with Crippen LogP contribution in [0, 0.1) is 0 Å². The Hall–Kier alpha value is -1.69. The number of nitrogens with one attached hydrogen (secondary N) is 2. The minimum atomic E-state index is -0.197. The van der Waals surface area contributed by atoms with Crippen LogP contribution >= 0.6 is 24.2 Å². The molecule has 0 radical (unpaired) electrons. The summed E-state index contributed by atoms with van der Waals surface area (Å²) >= 11 is 1.66. The molecule has 2 heterocycles. The van der Waals surface area contributed by atoms with Crippen LogP contribution in [-0.4, -0.2) is 30.3 Å². The van der Waals surface area contributed by atoms with E-state index in [1.165, 1.54) is 30.5 Å². The number of nitrogens with zero attached hydrogens (tertiary/aromatic N) is 1. The van der Waals surface area contributed by atoms with Gasteiger partial charge in [-0.3, -0.25) is 4.90 Å². The molecule has 0 spiro atoms. The molecule has 1 atom stereocenters. The maximum absolute atomic E-state index is 12.3. The number of carbonyl (C=O) groups is 1. The number of benzene rings is 2. The van der Waals surface area contributed by atoms with Crippen molar-refractivity contribution in [3.63, 3.8) is 0 Å². The van der Waals surface area contributed by atoms with Crippen LogP contribution in [0.25, 0.3) is 0 Å². The van der Waals surface area contributed by atoms with Crippen molar-refractivity contribution in [1.29, 1.82) is 0 Å². The normalized spacial score (nSPS) is 18.4. The van der Waals surface area contributed by atoms with E-state index in [1.807, 2.05) is 36.6 Å². The van der Waals surface area contributed by atoms with Crippen LogP contribution in [0.4, 0.5) is 16.2 Å². The van der Waals surface area contributed by atoms with Crippen molar-refractivity contribution < 1.29 is 4.79 Å². The third-order valence-corrected chi connectivity index (χ3v) is 5.85. The summed E-state index contributed by atoms with van der Waals surface area (Å²) in [5.41, 5.74) is 4.50. The number of urea groups is 1. The summed E-state index contributed by atoms with van der Waals surface area (Å²) in [6.45, 7) is 2.37. The molecular formula is C20H24ClN3OS. The summed E-state index contributed by atoms with van der Waals surface area (Å²) in [5.74, 6) is 0. The third-order valence-electron chi connectivity index (χ3n) is 5.12. The first-order chi connectivity index (χ1) is 12.2. The second-order valence-electron chi connectivity index (χ2n) is 6.67. The number of rotatable bonds is 3. The summed E-state index contributed by atoms with van der Waals surface area (Å²) < 4.78 is 0. The van der Waals surface area contributed by atoms with Gasteiger partial charge in [-0.25, -0.2) is 4.79 Å². The van der Waals surface area contributed by atoms with E-state index in [-0.39, 0.29) is 18.4 Å². The molecule has 1 unspecified atom stereocenters. The van der Waals surface area contributed by atoms with Gasteiger partial charge in [-0.15, -0.1) is 24.2 Å². The Morgan fingerprint density at radius 3 is 2.73 bits per heavy atom. The van der Waals surface area contributed by atoms with Gasteiger partial charge in [0.1, 0.15) is 0 Å². The number of carbonyl (C=O) groups excluding carboxylic acids is 1. The molecule has 4 rings (SSSR count). The molecule has 138 valence electrons. The molecule has 0 aromatic heterocycles. The number of amides is 2. The Labute approximate surface area is 165 Å². The van der Waals surface area contributed by atoms with Gasteiger partial charge in [0.05, 0.1) is 0 Å². The zero-order valence-electron chi connectivity index (χ0n) is 14.8. The van der Waals surface area contributed by atoms with Crippen molar-refractivity contribution in [3.8, 4) is 0 Å². The topological polar surface area (TPSA) is 44.4 Å². The van der Waals surface area contributed by atoms with Crippen LogP contribution in [0.15, 0.2) is 47.4 Å². The van der Waals surface area contributed by atoms with E-state index >= 15 is 0 Å². The Morgan fingerprint density at radius 1 is 1.12 bits per heavy atom. The molecule has 2 aliphatic rings. The maximum atomic E-state index is 12.3. The van der Waals surface area contributed by atoms with Crippen LogP contribution in [0.5, 0.6) is 0 Å². The van der Waals surface area contributed by atoms with Crippen molar-refractivity contribution in [2.24, 2.45) is 0 Å². The van der Waals surface area contributed by atoms with Gasteiger partial charge in [-0.1, -0.05) is 12.1 Å². The molecule has 2 N–H and O–H groups in total. The van der Waals surface area contributed by atoms with Crippen molar-refractivity contribution >= 4 is 41.6 Å². The SMILES string of the molecule is CSc1cccc(NC(=O)Nc2ccc3c(c2)C2CCCN2CC3)c1.Cl. The van der Waals surface area contributed by atoms with E-state index < -0.39 is 0 Å². The average Bonchev–Trinajstić information content (AvgIpc) is 3.11. The minimum Gasteiger partial charge on any atom is -0.308 e. The number of hydrogen-bond acceptors (Lipinski definition) is 3. The van der Waals surface area contributed by atoms with Gasteiger partial charge in [-0.2, -0.15) is 0 Å². The fourth-order valence-electron chi connectivity index (χ4n) is 3.91. The van der Waals surface area contributed by atoms with Crippen molar-refractivity contribution in [3.05, 3.63) is 53.6 Å². The fourth-order valence-corrected chi connectivity index (χ4v) is 4.37. The molecule has 6 heteroatoms. The van der Waals surface area contributed by atoms with Gasteiger partial charge in [-0.05, 0) is 73.5 Å². The lowest BCUT2D eigenvalue weighted by Crippen LogP contribution is -2.31. The van der Waals surface area contributed by atoms with Gasteiger partial charge in [0.15, 0.2) is 0 Å². The Balaban J connectivity index is 0.00000196. The minimum absolute atomic E-state index is 0. The largest absolute Gasteiger partial charge is 0.323 e. The molecule has 0 saturated carbocycles. The van der Waals surface area contributed by atoms with E-state index in [0.29, 0.717) is 6.04 Å². The third kappa shape index (κ3) is 4.00. The molecule has 1 saturated heterocycles. The lowest BCUT2D eigenvalue weighted by Gasteiger charge is -2.32. The van der Waals surface area contributed by atoms with Crippen LogP contribution in [0.3, 0.4) is 0 Å². The zero-order valence-corrected chi connectivity index (χ0v) is 16.5. The molecule has 2 aromatic carbocycles. The van der Waals surface area contributed by atoms with Crippen LogP contribution < -0.4 is 10.6 Å². The first kappa shape index (κ1) is 19.1. The van der Waals surface area contributed by atoms with Gasteiger partial charge < -0.3 is 10.6 Å². The predicted octanol–water partition coefficient (Wildman–Crippen LogP) is 5.17. The second kappa shape index (κ2) is 8.33. The number of anilines is 2. The lowest BCUT2D eigenvalue weighted by atomic mass is 9.92. The Kier molecular flexibility index (Phi) is 6.12. The summed E-state index contributed by atoms with van der Waals surface area (Å²) in [6.07, 6.45) is 5.64. The lowest BCUT2D eigenvalue weighted by molar-refractivity contribution is 0.244. The van der Waals surface area contributed by atoms with Gasteiger partial charge in [0.25, 0.3) is 0 Å². The highest BCUT2D eigenvalue weighted by Gasteiger charge is 2.31. The average molecular weight is 390 g/mol. The first-order valence-electron chi connectivity index (χ1n) is 8.82. The van der Waals surface area contributed by atoms with Gasteiger partial charge in [0, 0.05) is 28.9 Å². The van der Waals surface area contributed by atoms with Crippen LogP contribution in [-0.2, 0) is 6.42 Å². The van der Waals surface area contributed by atoms with E-state index in [4.69, 9.17) is 0 Å². The fraction of sp³-hybridized carbons (Fsp3) is 0.350. The maximum Gasteiger partial charge on any atom is 0.323 e. The molecule has 0 aliphatic carbocycles. The van der Waals surface area contributed by atoms with Crippen molar-refractivity contribution in [2.75, 3.05) is 30.0 Å².